The molecule has 3 heterocycles. The lowest BCUT2D eigenvalue weighted by Crippen LogP contribution is -2.10. The number of aromatic amines is 1. The highest BCUT2D eigenvalue weighted by atomic mass is 16.5. The standard InChI is InChI=1S/C22H24N6O2/c1-3-7-17-19-20(27-28(17)13-15-10-11-23-14-24-15)22(29)26-21(25-19)16-8-5-6-9-18(16)30-12-4-2/h5-6,8-11,14H,3-4,7,12-13H2,1-2H3,(H,25,26,29). The lowest BCUT2D eigenvalue weighted by atomic mass is 10.1. The summed E-state index contributed by atoms with van der Waals surface area (Å²) in [5, 5.41) is 4.55. The summed E-state index contributed by atoms with van der Waals surface area (Å²) in [5.74, 6) is 1.19. The van der Waals surface area contributed by atoms with Gasteiger partial charge >= 0.3 is 0 Å². The molecule has 0 unspecified atom stereocenters. The molecule has 0 atom stereocenters. The molecule has 8 nitrogen and oxygen atoms in total. The Hall–Kier alpha value is -3.55. The van der Waals surface area contributed by atoms with Crippen LogP contribution in [0.25, 0.3) is 22.4 Å². The van der Waals surface area contributed by atoms with E-state index in [-0.39, 0.29) is 5.56 Å². The molecule has 0 radical (unpaired) electrons. The van der Waals surface area contributed by atoms with Gasteiger partial charge in [0, 0.05) is 6.20 Å². The molecule has 4 rings (SSSR count). The van der Waals surface area contributed by atoms with Gasteiger partial charge in [-0.15, -0.1) is 0 Å². The predicted molar refractivity (Wildman–Crippen MR) is 114 cm³/mol. The van der Waals surface area contributed by atoms with Gasteiger partial charge in [0.1, 0.15) is 23.4 Å². The van der Waals surface area contributed by atoms with Gasteiger partial charge in [-0.2, -0.15) is 5.10 Å². The molecule has 0 spiro atoms. The zero-order chi connectivity index (χ0) is 20.9. The maximum atomic E-state index is 12.9. The summed E-state index contributed by atoms with van der Waals surface area (Å²) >= 11 is 0. The zero-order valence-corrected chi connectivity index (χ0v) is 17.1. The van der Waals surface area contributed by atoms with Crippen LogP contribution < -0.4 is 10.3 Å². The van der Waals surface area contributed by atoms with Gasteiger partial charge in [-0.05, 0) is 31.0 Å². The van der Waals surface area contributed by atoms with Crippen LogP contribution in [0.4, 0.5) is 0 Å². The van der Waals surface area contributed by atoms with Crippen molar-refractivity contribution in [3.8, 4) is 17.1 Å². The number of aryl methyl sites for hydroxylation is 1. The smallest absolute Gasteiger partial charge is 0.279 e. The highest BCUT2D eigenvalue weighted by Gasteiger charge is 2.18. The monoisotopic (exact) mass is 404 g/mol. The topological polar surface area (TPSA) is 98.6 Å². The summed E-state index contributed by atoms with van der Waals surface area (Å²) < 4.78 is 7.68. The molecule has 1 N–H and O–H groups in total. The summed E-state index contributed by atoms with van der Waals surface area (Å²) in [6, 6.07) is 9.45. The molecular formula is C22H24N6O2. The Balaban J connectivity index is 1.84. The number of fused-ring (bicyclic) bond motifs is 1. The van der Waals surface area contributed by atoms with E-state index in [1.807, 2.05) is 35.0 Å². The fourth-order valence-electron chi connectivity index (χ4n) is 3.37. The molecule has 0 saturated carbocycles. The summed E-state index contributed by atoms with van der Waals surface area (Å²) in [7, 11) is 0. The Morgan fingerprint density at radius 2 is 1.97 bits per heavy atom. The molecule has 3 aromatic heterocycles. The number of para-hydroxylation sites is 1. The number of benzene rings is 1. The third-order valence-electron chi connectivity index (χ3n) is 4.75. The molecule has 0 aliphatic heterocycles. The molecule has 0 aliphatic carbocycles. The van der Waals surface area contributed by atoms with Crippen molar-refractivity contribution >= 4 is 11.0 Å². The fraction of sp³-hybridized carbons (Fsp3) is 0.318. The number of nitrogens with zero attached hydrogens (tertiary/aromatic N) is 5. The molecule has 0 aliphatic rings. The molecule has 154 valence electrons. The van der Waals surface area contributed by atoms with E-state index in [0.29, 0.717) is 35.8 Å². The van der Waals surface area contributed by atoms with Crippen molar-refractivity contribution in [3.05, 3.63) is 64.6 Å². The van der Waals surface area contributed by atoms with Crippen molar-refractivity contribution in [1.29, 1.82) is 0 Å². The molecule has 0 amide bonds. The van der Waals surface area contributed by atoms with Crippen LogP contribution in [0, 0.1) is 0 Å². The van der Waals surface area contributed by atoms with Crippen LogP contribution in [0.1, 0.15) is 38.1 Å². The van der Waals surface area contributed by atoms with Gasteiger partial charge in [-0.3, -0.25) is 9.48 Å². The first kappa shape index (κ1) is 19.8. The number of aromatic nitrogens is 6. The van der Waals surface area contributed by atoms with E-state index in [1.54, 1.807) is 6.20 Å². The van der Waals surface area contributed by atoms with Crippen molar-refractivity contribution in [2.24, 2.45) is 0 Å². The minimum atomic E-state index is -0.265. The first-order valence-corrected chi connectivity index (χ1v) is 10.2. The Morgan fingerprint density at radius 1 is 1.10 bits per heavy atom. The van der Waals surface area contributed by atoms with E-state index in [4.69, 9.17) is 9.72 Å². The van der Waals surface area contributed by atoms with Crippen LogP contribution in [0.5, 0.6) is 5.75 Å². The first-order valence-electron chi connectivity index (χ1n) is 10.2. The van der Waals surface area contributed by atoms with Crippen molar-refractivity contribution in [2.75, 3.05) is 6.61 Å². The quantitative estimate of drug-likeness (QED) is 0.483. The second-order valence-electron chi connectivity index (χ2n) is 7.01. The number of H-pyrrole nitrogens is 1. The van der Waals surface area contributed by atoms with E-state index in [2.05, 4.69) is 33.9 Å². The van der Waals surface area contributed by atoms with Crippen molar-refractivity contribution < 1.29 is 4.74 Å². The Kier molecular flexibility index (Phi) is 5.83. The van der Waals surface area contributed by atoms with Gasteiger partial charge in [0.25, 0.3) is 5.56 Å². The van der Waals surface area contributed by atoms with Crippen LogP contribution in [-0.4, -0.2) is 36.3 Å². The predicted octanol–water partition coefficient (Wildman–Crippen LogP) is 3.37. The first-order chi connectivity index (χ1) is 14.7. The van der Waals surface area contributed by atoms with E-state index < -0.39 is 0 Å². The molecule has 8 heteroatoms. The fourth-order valence-corrected chi connectivity index (χ4v) is 3.37. The number of nitrogens with one attached hydrogen (secondary N) is 1. The van der Waals surface area contributed by atoms with Crippen LogP contribution in [0.2, 0.25) is 0 Å². The van der Waals surface area contributed by atoms with E-state index >= 15 is 0 Å². The third kappa shape index (κ3) is 3.94. The van der Waals surface area contributed by atoms with Crippen molar-refractivity contribution in [3.63, 3.8) is 0 Å². The summed E-state index contributed by atoms with van der Waals surface area (Å²) in [6.45, 7) is 5.20. The van der Waals surface area contributed by atoms with Crippen LogP contribution in [0.15, 0.2) is 47.7 Å². The summed E-state index contributed by atoms with van der Waals surface area (Å²) in [5.41, 5.74) is 3.20. The Bertz CT molecular complexity index is 1200. The van der Waals surface area contributed by atoms with Crippen LogP contribution in [0.3, 0.4) is 0 Å². The molecule has 0 saturated heterocycles. The van der Waals surface area contributed by atoms with E-state index in [1.165, 1.54) is 6.33 Å². The number of rotatable bonds is 8. The Morgan fingerprint density at radius 3 is 2.73 bits per heavy atom. The number of hydrogen-bond acceptors (Lipinski definition) is 6. The van der Waals surface area contributed by atoms with Crippen LogP contribution in [-0.2, 0) is 13.0 Å². The highest BCUT2D eigenvalue weighted by molar-refractivity contribution is 5.79. The second-order valence-corrected chi connectivity index (χ2v) is 7.01. The summed E-state index contributed by atoms with van der Waals surface area (Å²) in [6.07, 6.45) is 5.76. The zero-order valence-electron chi connectivity index (χ0n) is 17.1. The molecule has 30 heavy (non-hydrogen) atoms. The molecular weight excluding hydrogens is 380 g/mol. The summed E-state index contributed by atoms with van der Waals surface area (Å²) in [4.78, 5) is 28.8. The largest absolute Gasteiger partial charge is 0.493 e. The maximum Gasteiger partial charge on any atom is 0.279 e. The van der Waals surface area contributed by atoms with Gasteiger partial charge in [0.15, 0.2) is 5.52 Å². The second kappa shape index (κ2) is 8.86. The molecule has 0 fully saturated rings. The normalized spacial score (nSPS) is 11.1. The molecule has 0 bridgehead atoms. The van der Waals surface area contributed by atoms with Gasteiger partial charge in [-0.1, -0.05) is 32.4 Å². The average Bonchev–Trinajstić information content (AvgIpc) is 3.11. The number of hydrogen-bond donors (Lipinski definition) is 1. The SMILES string of the molecule is CCCOc1ccccc1-c1nc2c(CCC)n(Cc3ccncn3)nc2c(=O)[nH]1. The number of ether oxygens (including phenoxy) is 1. The van der Waals surface area contributed by atoms with Gasteiger partial charge in [0.05, 0.1) is 30.1 Å². The lowest BCUT2D eigenvalue weighted by molar-refractivity contribution is 0.318. The highest BCUT2D eigenvalue weighted by Crippen LogP contribution is 2.28. The minimum Gasteiger partial charge on any atom is -0.493 e. The third-order valence-corrected chi connectivity index (χ3v) is 4.75. The van der Waals surface area contributed by atoms with Crippen molar-refractivity contribution in [2.45, 2.75) is 39.7 Å². The van der Waals surface area contributed by atoms with Crippen molar-refractivity contribution in [1.82, 2.24) is 29.7 Å². The minimum absolute atomic E-state index is 0.265. The van der Waals surface area contributed by atoms with Gasteiger partial charge in [-0.25, -0.2) is 15.0 Å². The molecule has 1 aromatic carbocycles. The maximum absolute atomic E-state index is 12.9. The van der Waals surface area contributed by atoms with E-state index in [9.17, 15) is 4.79 Å². The lowest BCUT2D eigenvalue weighted by Gasteiger charge is -2.10. The van der Waals surface area contributed by atoms with Crippen LogP contribution >= 0.6 is 0 Å². The van der Waals surface area contributed by atoms with E-state index in [0.717, 1.165) is 36.2 Å². The van der Waals surface area contributed by atoms with Gasteiger partial charge < -0.3 is 9.72 Å². The van der Waals surface area contributed by atoms with Gasteiger partial charge in [0.2, 0.25) is 0 Å². The average molecular weight is 404 g/mol. The molecule has 4 aromatic rings. The Labute approximate surface area is 174 Å².